The van der Waals surface area contributed by atoms with Crippen LogP contribution in [0.25, 0.3) is 67.0 Å². The third-order valence-electron chi connectivity index (χ3n) is 9.33. The van der Waals surface area contributed by atoms with Crippen LogP contribution in [-0.4, -0.2) is 34.1 Å². The van der Waals surface area contributed by atoms with Gasteiger partial charge in [0, 0.05) is 46.4 Å². The third-order valence-corrected chi connectivity index (χ3v) is 9.33. The van der Waals surface area contributed by atoms with Gasteiger partial charge in [0.05, 0.1) is 51.5 Å². The lowest BCUT2D eigenvalue weighted by atomic mass is 10.1. The number of benzene rings is 5. The van der Waals surface area contributed by atoms with Crippen LogP contribution in [0.2, 0.25) is 0 Å². The molecule has 9 heteroatoms. The van der Waals surface area contributed by atoms with E-state index in [0.29, 0.717) is 28.9 Å². The van der Waals surface area contributed by atoms with Gasteiger partial charge >= 0.3 is 0 Å². The van der Waals surface area contributed by atoms with Crippen LogP contribution in [0.1, 0.15) is 0 Å². The summed E-state index contributed by atoms with van der Waals surface area (Å²) in [6.07, 6.45) is 9.01. The Kier molecular flexibility index (Phi) is 7.58. The van der Waals surface area contributed by atoms with Crippen molar-refractivity contribution in [3.8, 4) is 57.1 Å². The van der Waals surface area contributed by atoms with E-state index in [1.165, 1.54) is 0 Å². The molecule has 0 aliphatic heterocycles. The number of imidazole rings is 1. The van der Waals surface area contributed by atoms with E-state index in [9.17, 15) is 0 Å². The number of para-hydroxylation sites is 2. The SMILES string of the molecule is c1ccc(-c2cccc(Oc3ccc4c5ccc(Oc6cccc(-c7ccccn7)c6)cc5n(-c5ncc(-n6cnc7ccccc76)cn5)c4c3)c2)nc1. The second kappa shape index (κ2) is 13.2. The molecule has 0 unspecified atom stereocenters. The molecule has 0 saturated carbocycles. The zero-order valence-electron chi connectivity index (χ0n) is 28.7. The zero-order chi connectivity index (χ0) is 35.8. The van der Waals surface area contributed by atoms with Gasteiger partial charge in [-0.25, -0.2) is 15.0 Å². The molecule has 5 aromatic carbocycles. The molecule has 10 rings (SSSR count). The van der Waals surface area contributed by atoms with Gasteiger partial charge in [-0.1, -0.05) is 48.5 Å². The molecule has 0 radical (unpaired) electrons. The van der Waals surface area contributed by atoms with Crippen LogP contribution in [0.5, 0.6) is 23.0 Å². The standard InChI is InChI=1S/C45H29N7O2/c1-2-16-42-41(15-1)50-29-51(42)32-27-48-45(49-28-32)52-43-25-35(53-33-11-7-9-30(23-33)39-13-3-5-21-46-39)17-19-37(43)38-20-18-36(26-44(38)52)54-34-12-8-10-31(24-34)40-14-4-6-22-47-40/h1-29H. The van der Waals surface area contributed by atoms with Gasteiger partial charge in [-0.15, -0.1) is 0 Å². The lowest BCUT2D eigenvalue weighted by molar-refractivity contribution is 0.483. The Hall–Kier alpha value is -7.65. The Balaban J connectivity index is 1.07. The van der Waals surface area contributed by atoms with Crippen molar-refractivity contribution in [2.45, 2.75) is 0 Å². The van der Waals surface area contributed by atoms with E-state index in [2.05, 4.69) is 31.7 Å². The summed E-state index contributed by atoms with van der Waals surface area (Å²) in [5.41, 5.74) is 8.17. The highest BCUT2D eigenvalue weighted by atomic mass is 16.5. The maximum Gasteiger partial charge on any atom is 0.234 e. The van der Waals surface area contributed by atoms with Crippen molar-refractivity contribution in [3.05, 3.63) is 177 Å². The van der Waals surface area contributed by atoms with Crippen LogP contribution < -0.4 is 9.47 Å². The van der Waals surface area contributed by atoms with Crippen molar-refractivity contribution in [2.75, 3.05) is 0 Å². The number of nitrogens with zero attached hydrogens (tertiary/aromatic N) is 7. The minimum atomic E-state index is 0.506. The minimum absolute atomic E-state index is 0.506. The first-order valence-electron chi connectivity index (χ1n) is 17.5. The van der Waals surface area contributed by atoms with Gasteiger partial charge in [0.1, 0.15) is 29.3 Å². The Morgan fingerprint density at radius 2 is 0.981 bits per heavy atom. The van der Waals surface area contributed by atoms with Gasteiger partial charge in [-0.05, 0) is 84.9 Å². The number of hydrogen-bond donors (Lipinski definition) is 0. The second-order valence-electron chi connectivity index (χ2n) is 12.7. The predicted octanol–water partition coefficient (Wildman–Crippen LogP) is 10.6. The first kappa shape index (κ1) is 31.1. The number of rotatable bonds is 8. The Morgan fingerprint density at radius 1 is 0.426 bits per heavy atom. The van der Waals surface area contributed by atoms with E-state index >= 15 is 0 Å². The lowest BCUT2D eigenvalue weighted by Crippen LogP contribution is -2.03. The number of aromatic nitrogens is 7. The maximum absolute atomic E-state index is 6.47. The molecule has 0 bridgehead atoms. The van der Waals surface area contributed by atoms with Crippen LogP contribution in [-0.2, 0) is 0 Å². The topological polar surface area (TPSA) is 92.8 Å². The predicted molar refractivity (Wildman–Crippen MR) is 210 cm³/mol. The highest BCUT2D eigenvalue weighted by Gasteiger charge is 2.18. The Labute approximate surface area is 309 Å². The van der Waals surface area contributed by atoms with Crippen LogP contribution in [0.3, 0.4) is 0 Å². The molecule has 54 heavy (non-hydrogen) atoms. The summed E-state index contributed by atoms with van der Waals surface area (Å²) in [7, 11) is 0. The molecule has 0 aliphatic carbocycles. The van der Waals surface area contributed by atoms with Gasteiger partial charge in [0.25, 0.3) is 0 Å². The van der Waals surface area contributed by atoms with Crippen LogP contribution in [0, 0.1) is 0 Å². The van der Waals surface area contributed by atoms with Crippen LogP contribution in [0.15, 0.2) is 177 Å². The molecule has 0 N–H and O–H groups in total. The molecule has 9 nitrogen and oxygen atoms in total. The molecule has 5 aromatic heterocycles. The van der Waals surface area contributed by atoms with Crippen LogP contribution in [0.4, 0.5) is 0 Å². The summed E-state index contributed by atoms with van der Waals surface area (Å²) >= 11 is 0. The maximum atomic E-state index is 6.47. The number of ether oxygens (including phenoxy) is 2. The zero-order valence-corrected chi connectivity index (χ0v) is 28.7. The normalized spacial score (nSPS) is 11.3. The largest absolute Gasteiger partial charge is 0.457 e. The summed E-state index contributed by atoms with van der Waals surface area (Å²) in [4.78, 5) is 23.4. The van der Waals surface area contributed by atoms with Crippen molar-refractivity contribution in [1.29, 1.82) is 0 Å². The smallest absolute Gasteiger partial charge is 0.234 e. The van der Waals surface area contributed by atoms with Crippen molar-refractivity contribution in [2.24, 2.45) is 0 Å². The summed E-state index contributed by atoms with van der Waals surface area (Å²) in [5, 5.41) is 2.05. The molecular weight excluding hydrogens is 671 g/mol. The molecule has 10 aromatic rings. The van der Waals surface area contributed by atoms with Crippen molar-refractivity contribution in [3.63, 3.8) is 0 Å². The van der Waals surface area contributed by atoms with Gasteiger partial charge in [-0.3, -0.25) is 19.1 Å². The van der Waals surface area contributed by atoms with Gasteiger partial charge in [-0.2, -0.15) is 0 Å². The highest BCUT2D eigenvalue weighted by Crippen LogP contribution is 2.38. The van der Waals surface area contributed by atoms with E-state index in [1.54, 1.807) is 18.7 Å². The third kappa shape index (κ3) is 5.75. The molecule has 0 saturated heterocycles. The molecule has 0 spiro atoms. The van der Waals surface area contributed by atoms with Gasteiger partial charge < -0.3 is 9.47 Å². The first-order chi connectivity index (χ1) is 26.7. The van der Waals surface area contributed by atoms with Gasteiger partial charge in [0.15, 0.2) is 0 Å². The highest BCUT2D eigenvalue weighted by molar-refractivity contribution is 6.09. The van der Waals surface area contributed by atoms with E-state index in [1.807, 2.05) is 150 Å². The molecule has 0 aliphatic rings. The summed E-state index contributed by atoms with van der Waals surface area (Å²) < 4.78 is 17.0. The van der Waals surface area contributed by atoms with E-state index in [-0.39, 0.29) is 0 Å². The Bertz CT molecular complexity index is 2800. The van der Waals surface area contributed by atoms with E-state index in [4.69, 9.17) is 19.4 Å². The molecule has 0 fully saturated rings. The van der Waals surface area contributed by atoms with Crippen molar-refractivity contribution in [1.82, 2.24) is 34.1 Å². The number of fused-ring (bicyclic) bond motifs is 4. The fourth-order valence-corrected chi connectivity index (χ4v) is 6.82. The van der Waals surface area contributed by atoms with E-state index in [0.717, 1.165) is 61.0 Å². The lowest BCUT2D eigenvalue weighted by Gasteiger charge is -2.11. The van der Waals surface area contributed by atoms with Crippen LogP contribution >= 0.6 is 0 Å². The Morgan fingerprint density at radius 3 is 1.56 bits per heavy atom. The molecule has 5 heterocycles. The van der Waals surface area contributed by atoms with Crippen molar-refractivity contribution < 1.29 is 9.47 Å². The van der Waals surface area contributed by atoms with Crippen molar-refractivity contribution >= 4 is 32.8 Å². The average molecular weight is 700 g/mol. The number of hydrogen-bond acceptors (Lipinski definition) is 7. The summed E-state index contributed by atoms with van der Waals surface area (Å²) in [5.74, 6) is 3.27. The van der Waals surface area contributed by atoms with E-state index < -0.39 is 0 Å². The fraction of sp³-hybridized carbons (Fsp3) is 0. The first-order valence-corrected chi connectivity index (χ1v) is 17.5. The monoisotopic (exact) mass is 699 g/mol. The summed E-state index contributed by atoms with van der Waals surface area (Å²) in [6.45, 7) is 0. The number of pyridine rings is 2. The second-order valence-corrected chi connectivity index (χ2v) is 12.7. The summed E-state index contributed by atoms with van der Waals surface area (Å²) in [6, 6.07) is 47.8. The molecular formula is C45H29N7O2. The van der Waals surface area contributed by atoms with Gasteiger partial charge in [0.2, 0.25) is 5.95 Å². The molecule has 256 valence electrons. The molecule has 0 atom stereocenters. The fourth-order valence-electron chi connectivity index (χ4n) is 6.82. The quantitative estimate of drug-likeness (QED) is 0.156. The minimum Gasteiger partial charge on any atom is -0.457 e. The molecule has 0 amide bonds. The average Bonchev–Trinajstić information content (AvgIpc) is 3.81.